The zero-order chi connectivity index (χ0) is 21.7. The molecule has 1 saturated carbocycles. The van der Waals surface area contributed by atoms with E-state index in [9.17, 15) is 13.2 Å². The number of carbonyl (C=O) groups excluding carboxylic acids is 1. The lowest BCUT2D eigenvalue weighted by Gasteiger charge is -2.22. The minimum Gasteiger partial charge on any atom is -0.353 e. The van der Waals surface area contributed by atoms with Crippen LogP contribution in [0.1, 0.15) is 32.1 Å². The molecule has 0 bridgehead atoms. The van der Waals surface area contributed by atoms with Crippen LogP contribution >= 0.6 is 11.8 Å². The lowest BCUT2D eigenvalue weighted by Crippen LogP contribution is -2.37. The number of rotatable bonds is 7. The number of carbonyl (C=O) groups is 1. The quantitative estimate of drug-likeness (QED) is 0.514. The molecule has 1 aliphatic carbocycles. The minimum absolute atomic E-state index is 0.0213. The molecule has 1 amide bonds. The third-order valence-corrected chi connectivity index (χ3v) is 8.15. The molecule has 162 valence electrons. The zero-order valence-corrected chi connectivity index (χ0v) is 18.7. The monoisotopic (exact) mass is 455 g/mol. The summed E-state index contributed by atoms with van der Waals surface area (Å²) < 4.78 is 26.6. The fraction of sp³-hybridized carbons (Fsp3) is 0.304. The van der Waals surface area contributed by atoms with E-state index in [2.05, 4.69) is 15.3 Å². The average molecular weight is 456 g/mol. The van der Waals surface area contributed by atoms with E-state index in [1.807, 2.05) is 30.3 Å². The van der Waals surface area contributed by atoms with E-state index in [1.165, 1.54) is 6.42 Å². The van der Waals surface area contributed by atoms with Crippen LogP contribution in [0.3, 0.4) is 0 Å². The van der Waals surface area contributed by atoms with Gasteiger partial charge in [-0.25, -0.2) is 13.4 Å². The van der Waals surface area contributed by atoms with E-state index in [0.717, 1.165) is 43.0 Å². The second-order valence-corrected chi connectivity index (χ2v) is 10.4. The number of benzene rings is 2. The molecular weight excluding hydrogens is 430 g/mol. The molecule has 6 nitrogen and oxygen atoms in total. The number of hydrogen-bond donors (Lipinski definition) is 2. The molecule has 1 aliphatic rings. The summed E-state index contributed by atoms with van der Waals surface area (Å²) in [6, 6.07) is 17.8. The van der Waals surface area contributed by atoms with Gasteiger partial charge in [-0.3, -0.25) is 4.79 Å². The number of nitrogens with zero attached hydrogens (tertiary/aromatic N) is 1. The van der Waals surface area contributed by atoms with Gasteiger partial charge in [0.25, 0.3) is 0 Å². The van der Waals surface area contributed by atoms with Crippen molar-refractivity contribution in [2.45, 2.75) is 53.1 Å². The van der Waals surface area contributed by atoms with Crippen molar-refractivity contribution in [3.63, 3.8) is 0 Å². The van der Waals surface area contributed by atoms with Gasteiger partial charge in [-0.2, -0.15) is 0 Å². The number of amides is 1. The number of thioether (sulfide) groups is 1. The van der Waals surface area contributed by atoms with Crippen LogP contribution in [0, 0.1) is 0 Å². The third-order valence-electron chi connectivity index (χ3n) is 5.32. The first-order valence-electron chi connectivity index (χ1n) is 10.4. The zero-order valence-electron chi connectivity index (χ0n) is 17.1. The molecule has 0 saturated heterocycles. The Morgan fingerprint density at radius 3 is 2.32 bits per heavy atom. The fourth-order valence-corrected chi connectivity index (χ4v) is 6.17. The van der Waals surface area contributed by atoms with Gasteiger partial charge in [0.2, 0.25) is 15.7 Å². The number of nitrogens with one attached hydrogen (secondary N) is 2. The van der Waals surface area contributed by atoms with Crippen LogP contribution < -0.4 is 5.32 Å². The second kappa shape index (κ2) is 9.70. The molecule has 31 heavy (non-hydrogen) atoms. The number of aromatic amines is 1. The Labute approximate surface area is 186 Å². The first-order chi connectivity index (χ1) is 15.0. The fourth-order valence-electron chi connectivity index (χ4n) is 3.72. The van der Waals surface area contributed by atoms with Crippen molar-refractivity contribution < 1.29 is 13.2 Å². The molecule has 0 unspecified atom stereocenters. The number of imidazole rings is 1. The van der Waals surface area contributed by atoms with Crippen molar-refractivity contribution in [1.82, 2.24) is 15.3 Å². The van der Waals surface area contributed by atoms with Crippen LogP contribution in [-0.2, 0) is 14.6 Å². The maximum atomic E-state index is 13.3. The summed E-state index contributed by atoms with van der Waals surface area (Å²) in [4.78, 5) is 20.2. The summed E-state index contributed by atoms with van der Waals surface area (Å²) in [5.41, 5.74) is 0.783. The molecule has 1 fully saturated rings. The van der Waals surface area contributed by atoms with Crippen molar-refractivity contribution in [3.8, 4) is 11.4 Å². The minimum atomic E-state index is -3.80. The molecule has 1 heterocycles. The lowest BCUT2D eigenvalue weighted by molar-refractivity contribution is -0.119. The second-order valence-electron chi connectivity index (χ2n) is 7.59. The van der Waals surface area contributed by atoms with Crippen molar-refractivity contribution >= 4 is 27.5 Å². The summed E-state index contributed by atoms with van der Waals surface area (Å²) in [5, 5.41) is 3.40. The Morgan fingerprint density at radius 2 is 1.65 bits per heavy atom. The van der Waals surface area contributed by atoms with E-state index >= 15 is 0 Å². The topological polar surface area (TPSA) is 91.9 Å². The van der Waals surface area contributed by atoms with Crippen molar-refractivity contribution in [2.24, 2.45) is 0 Å². The summed E-state index contributed by atoms with van der Waals surface area (Å²) in [6.45, 7) is 0. The molecule has 8 heteroatoms. The van der Waals surface area contributed by atoms with Crippen LogP contribution in [0.25, 0.3) is 11.4 Å². The number of aromatic nitrogens is 2. The molecule has 0 aliphatic heterocycles. The van der Waals surface area contributed by atoms with Crippen molar-refractivity contribution in [1.29, 1.82) is 0 Å². The number of hydrogen-bond acceptors (Lipinski definition) is 5. The highest BCUT2D eigenvalue weighted by Crippen LogP contribution is 2.32. The molecular formula is C23H25N3O3S2. The number of sulfone groups is 1. The molecule has 0 radical (unpaired) electrons. The lowest BCUT2D eigenvalue weighted by atomic mass is 9.95. The van der Waals surface area contributed by atoms with E-state index in [1.54, 1.807) is 30.3 Å². The first-order valence-corrected chi connectivity index (χ1v) is 12.9. The Bertz CT molecular complexity index is 1120. The normalized spacial score (nSPS) is 15.0. The Balaban J connectivity index is 1.59. The average Bonchev–Trinajstić information content (AvgIpc) is 3.25. The smallest absolute Gasteiger partial charge is 0.230 e. The maximum absolute atomic E-state index is 13.3. The predicted molar refractivity (Wildman–Crippen MR) is 122 cm³/mol. The van der Waals surface area contributed by atoms with Crippen LogP contribution in [0.15, 0.2) is 75.6 Å². The molecule has 0 atom stereocenters. The number of H-pyrrole nitrogens is 1. The van der Waals surface area contributed by atoms with Crippen LogP contribution in [-0.4, -0.2) is 36.1 Å². The van der Waals surface area contributed by atoms with Crippen LogP contribution in [0.5, 0.6) is 0 Å². The van der Waals surface area contributed by atoms with Gasteiger partial charge in [-0.1, -0.05) is 79.6 Å². The van der Waals surface area contributed by atoms with Gasteiger partial charge in [-0.05, 0) is 25.0 Å². The predicted octanol–water partition coefficient (Wildman–Crippen LogP) is 4.45. The Hall–Kier alpha value is -2.58. The van der Waals surface area contributed by atoms with Crippen molar-refractivity contribution in [3.05, 3.63) is 60.7 Å². The Morgan fingerprint density at radius 1 is 1.00 bits per heavy atom. The van der Waals surface area contributed by atoms with Gasteiger partial charge >= 0.3 is 0 Å². The SMILES string of the molecule is O=C(CSc1nc(-c2ccccc2)[nH]c1S(=O)(=O)c1ccccc1)NC1CCCCC1. The maximum Gasteiger partial charge on any atom is 0.230 e. The molecule has 0 spiro atoms. The van der Waals surface area contributed by atoms with E-state index in [-0.39, 0.29) is 27.6 Å². The molecule has 2 N–H and O–H groups in total. The summed E-state index contributed by atoms with van der Waals surface area (Å²) in [6.07, 6.45) is 5.50. The van der Waals surface area contributed by atoms with Crippen LogP contribution in [0.4, 0.5) is 0 Å². The van der Waals surface area contributed by atoms with E-state index < -0.39 is 9.84 Å². The van der Waals surface area contributed by atoms with Gasteiger partial charge in [0.05, 0.1) is 10.6 Å². The van der Waals surface area contributed by atoms with Gasteiger partial charge in [0, 0.05) is 11.6 Å². The van der Waals surface area contributed by atoms with Crippen molar-refractivity contribution in [2.75, 3.05) is 5.75 Å². The van der Waals surface area contributed by atoms with Gasteiger partial charge in [0.1, 0.15) is 10.9 Å². The standard InChI is InChI=1S/C23H25N3O3S2/c27-20(24-18-12-6-2-7-13-18)16-30-22-23(31(28,29)19-14-8-3-9-15-19)26-21(25-22)17-10-4-1-5-11-17/h1,3-5,8-11,14-15,18H,2,6-7,12-13,16H2,(H,24,27)(H,25,26). The first kappa shape index (κ1) is 21.6. The van der Waals surface area contributed by atoms with E-state index in [0.29, 0.717) is 10.9 Å². The Kier molecular flexibility index (Phi) is 6.77. The highest BCUT2D eigenvalue weighted by atomic mass is 32.2. The largest absolute Gasteiger partial charge is 0.353 e. The highest BCUT2D eigenvalue weighted by Gasteiger charge is 2.27. The molecule has 2 aromatic carbocycles. The summed E-state index contributed by atoms with van der Waals surface area (Å²) >= 11 is 1.15. The third kappa shape index (κ3) is 5.19. The highest BCUT2D eigenvalue weighted by molar-refractivity contribution is 8.00. The van der Waals surface area contributed by atoms with Gasteiger partial charge < -0.3 is 10.3 Å². The van der Waals surface area contributed by atoms with Crippen LogP contribution in [0.2, 0.25) is 0 Å². The summed E-state index contributed by atoms with van der Waals surface area (Å²) in [5.74, 6) is 0.488. The molecule has 1 aromatic heterocycles. The van der Waals surface area contributed by atoms with Gasteiger partial charge in [0.15, 0.2) is 5.03 Å². The van der Waals surface area contributed by atoms with Gasteiger partial charge in [-0.15, -0.1) is 0 Å². The summed E-state index contributed by atoms with van der Waals surface area (Å²) in [7, 11) is -3.80. The van der Waals surface area contributed by atoms with E-state index in [4.69, 9.17) is 0 Å². The molecule has 4 rings (SSSR count). The molecule has 3 aromatic rings.